The normalized spacial score (nSPS) is 10.7. The molecule has 1 N–H and O–H groups in total. The fourth-order valence-corrected chi connectivity index (χ4v) is 2.43. The number of nitrogens with zero attached hydrogens (tertiary/aromatic N) is 3. The van der Waals surface area contributed by atoms with Crippen LogP contribution < -0.4 is 43.1 Å². The van der Waals surface area contributed by atoms with Crippen LogP contribution in [0, 0.1) is 0 Å². The number of pyridine rings is 2. The van der Waals surface area contributed by atoms with E-state index in [0.717, 1.165) is 18.7 Å². The average molecular weight is 465 g/mol. The third kappa shape index (κ3) is 6.07. The third-order valence-electron chi connectivity index (χ3n) is 3.67. The van der Waals surface area contributed by atoms with Crippen LogP contribution in [0.4, 0.5) is 0 Å². The van der Waals surface area contributed by atoms with Gasteiger partial charge in [-0.15, -0.1) is 0 Å². The summed E-state index contributed by atoms with van der Waals surface area (Å²) in [7, 11) is 0. The van der Waals surface area contributed by atoms with Crippen molar-refractivity contribution in [1.29, 1.82) is 0 Å². The summed E-state index contributed by atoms with van der Waals surface area (Å²) in [6.07, 6.45) is 13.9. The molecule has 0 fully saturated rings. The molecule has 6 heteroatoms. The zero-order valence-electron chi connectivity index (χ0n) is 13.5. The first-order valence-electron chi connectivity index (χ1n) is 7.54. The summed E-state index contributed by atoms with van der Waals surface area (Å²) in [6, 6.07) is 14.3. The average Bonchev–Trinajstić information content (AvgIpc) is 2.60. The monoisotopic (exact) mass is 463 g/mol. The van der Waals surface area contributed by atoms with Crippen molar-refractivity contribution in [3.05, 3.63) is 85.0 Å². The summed E-state index contributed by atoms with van der Waals surface area (Å²) in [5, 5.41) is 14.0. The van der Waals surface area contributed by atoms with E-state index in [4.69, 9.17) is 5.21 Å². The Balaban J connectivity index is 0.00000156. The molecule has 0 saturated heterocycles. The maximum absolute atomic E-state index is 8.49. The number of hydrogen-bond acceptors (Lipinski definition) is 2. The van der Waals surface area contributed by atoms with Crippen LogP contribution in [0.3, 0.4) is 0 Å². The summed E-state index contributed by atoms with van der Waals surface area (Å²) in [6.45, 7) is 1.66. The van der Waals surface area contributed by atoms with Gasteiger partial charge in [0.15, 0.2) is 37.9 Å². The van der Waals surface area contributed by atoms with Crippen LogP contribution >= 0.6 is 0 Å². The lowest BCUT2D eigenvalue weighted by Crippen LogP contribution is -3.00. The summed E-state index contributed by atoms with van der Waals surface area (Å²) in [5.41, 5.74) is 0.874. The Kier molecular flexibility index (Phi) is 9.02. The fraction of sp³-hybridized carbons (Fsp3) is 0.105. The lowest BCUT2D eigenvalue weighted by atomic mass is 10.2. The number of halogens is 2. The molecule has 0 aliphatic rings. The number of benzene rings is 1. The van der Waals surface area contributed by atoms with Crippen LogP contribution in [0.2, 0.25) is 0 Å². The second-order valence-electron chi connectivity index (χ2n) is 5.31. The smallest absolute Gasteiger partial charge is 0.176 e. The quantitative estimate of drug-likeness (QED) is 0.137. The predicted molar refractivity (Wildman–Crippen MR) is 89.3 cm³/mol. The van der Waals surface area contributed by atoms with Crippen molar-refractivity contribution < 1.29 is 48.3 Å². The van der Waals surface area contributed by atoms with Gasteiger partial charge in [-0.2, -0.15) is 0 Å². The molecule has 2 aromatic heterocycles. The number of oxime groups is 1. The third-order valence-corrected chi connectivity index (χ3v) is 3.67. The van der Waals surface area contributed by atoms with E-state index in [9.17, 15) is 0 Å². The van der Waals surface area contributed by atoms with Gasteiger partial charge >= 0.3 is 0 Å². The minimum atomic E-state index is 0. The topological polar surface area (TPSA) is 40.4 Å². The second kappa shape index (κ2) is 10.7. The summed E-state index contributed by atoms with van der Waals surface area (Å²) >= 11 is 0. The van der Waals surface area contributed by atoms with Crippen molar-refractivity contribution in [2.45, 2.75) is 13.1 Å². The van der Waals surface area contributed by atoms with Crippen LogP contribution in [0.1, 0.15) is 5.56 Å². The van der Waals surface area contributed by atoms with E-state index >= 15 is 0 Å². The van der Waals surface area contributed by atoms with Crippen molar-refractivity contribution >= 4 is 17.0 Å². The van der Waals surface area contributed by atoms with Crippen molar-refractivity contribution in [2.75, 3.05) is 0 Å². The highest BCUT2D eigenvalue weighted by atomic mass is 79.9. The Morgan fingerprint density at radius 1 is 0.800 bits per heavy atom. The number of allylic oxidation sites excluding steroid dienone is 2. The number of rotatable bonds is 5. The van der Waals surface area contributed by atoms with Crippen LogP contribution in [0.25, 0.3) is 10.8 Å². The van der Waals surface area contributed by atoms with Gasteiger partial charge in [-0.25, -0.2) is 9.13 Å². The minimum absolute atomic E-state index is 0. The van der Waals surface area contributed by atoms with Gasteiger partial charge < -0.3 is 39.2 Å². The van der Waals surface area contributed by atoms with E-state index < -0.39 is 0 Å². The van der Waals surface area contributed by atoms with E-state index in [0.29, 0.717) is 0 Å². The first-order chi connectivity index (χ1) is 11.3. The van der Waals surface area contributed by atoms with Gasteiger partial charge in [0.1, 0.15) is 0 Å². The second-order valence-corrected chi connectivity index (χ2v) is 5.31. The number of hydrogen-bond donors (Lipinski definition) is 1. The molecule has 0 spiro atoms. The summed E-state index contributed by atoms with van der Waals surface area (Å²) in [4.78, 5) is 0. The van der Waals surface area contributed by atoms with Gasteiger partial charge in [-0.05, 0) is 23.6 Å². The van der Waals surface area contributed by atoms with E-state index in [1.54, 1.807) is 0 Å². The maximum Gasteiger partial charge on any atom is 0.176 e. The highest BCUT2D eigenvalue weighted by Gasteiger charge is 2.01. The molecule has 0 radical (unpaired) electrons. The predicted octanol–water partition coefficient (Wildman–Crippen LogP) is -3.51. The van der Waals surface area contributed by atoms with Gasteiger partial charge in [-0.3, -0.25) is 0 Å². The Morgan fingerprint density at radius 3 is 2.08 bits per heavy atom. The number of aromatic nitrogens is 2. The molecule has 2 heterocycles. The Morgan fingerprint density at radius 2 is 1.40 bits per heavy atom. The first-order valence-corrected chi connectivity index (χ1v) is 7.54. The molecule has 0 unspecified atom stereocenters. The zero-order valence-corrected chi connectivity index (χ0v) is 16.7. The zero-order chi connectivity index (χ0) is 15.9. The van der Waals surface area contributed by atoms with Gasteiger partial charge in [0.2, 0.25) is 0 Å². The molecule has 0 amide bonds. The van der Waals surface area contributed by atoms with Crippen LogP contribution in [0.15, 0.2) is 84.6 Å². The molecule has 130 valence electrons. The standard InChI is InChI=1S/C19H18N3O.2BrH/c23-20-15-17-7-12-21(13-8-17)10-3-4-11-22-14-9-18-5-1-2-6-19(18)16-22;;/h1-9,12-16H,10-11H2;2*1H/q+1;;/p-1/b4-3+;;. The molecule has 4 nitrogen and oxygen atoms in total. The lowest BCUT2D eigenvalue weighted by molar-refractivity contribution is -0.690. The molecule has 0 aliphatic heterocycles. The first kappa shape index (κ1) is 21.0. The molecule has 0 atom stereocenters. The van der Waals surface area contributed by atoms with Crippen LogP contribution in [0.5, 0.6) is 0 Å². The Hall–Kier alpha value is -2.05. The molecule has 1 aromatic carbocycles. The van der Waals surface area contributed by atoms with Crippen LogP contribution in [-0.2, 0) is 13.1 Å². The van der Waals surface area contributed by atoms with E-state index in [-0.39, 0.29) is 34.0 Å². The Labute approximate surface area is 168 Å². The largest absolute Gasteiger partial charge is 1.00 e. The molecular weight excluding hydrogens is 446 g/mol. The molecule has 3 aromatic rings. The SMILES string of the molecule is O/N=C\c1cc[n+](C/C=C/C[n+]2ccc3ccccc3c2)cc1.[Br-].[Br-]. The Bertz CT molecular complexity index is 849. The molecule has 0 saturated carbocycles. The lowest BCUT2D eigenvalue weighted by Gasteiger charge is -1.96. The van der Waals surface area contributed by atoms with Gasteiger partial charge in [0.25, 0.3) is 0 Å². The van der Waals surface area contributed by atoms with Gasteiger partial charge in [0, 0.05) is 29.1 Å². The highest BCUT2D eigenvalue weighted by Crippen LogP contribution is 2.09. The van der Waals surface area contributed by atoms with Gasteiger partial charge in [0.05, 0.1) is 6.21 Å². The van der Waals surface area contributed by atoms with E-state index in [2.05, 4.69) is 69.2 Å². The minimum Gasteiger partial charge on any atom is -1.00 e. The summed E-state index contributed by atoms with van der Waals surface area (Å²) < 4.78 is 4.24. The molecule has 0 bridgehead atoms. The van der Waals surface area contributed by atoms with Crippen molar-refractivity contribution in [3.63, 3.8) is 0 Å². The van der Waals surface area contributed by atoms with Gasteiger partial charge in [-0.1, -0.05) is 23.4 Å². The molecule has 0 aliphatic carbocycles. The summed E-state index contributed by atoms with van der Waals surface area (Å²) in [5.74, 6) is 0. The van der Waals surface area contributed by atoms with Crippen molar-refractivity contribution in [3.8, 4) is 0 Å². The molecule has 25 heavy (non-hydrogen) atoms. The highest BCUT2D eigenvalue weighted by molar-refractivity contribution is 5.80. The van der Waals surface area contributed by atoms with Crippen molar-refractivity contribution in [1.82, 2.24) is 0 Å². The van der Waals surface area contributed by atoms with E-state index in [1.165, 1.54) is 17.0 Å². The number of fused-ring (bicyclic) bond motifs is 1. The maximum atomic E-state index is 8.49. The molecule has 3 rings (SSSR count). The van der Waals surface area contributed by atoms with Crippen LogP contribution in [-0.4, -0.2) is 11.4 Å². The fourth-order valence-electron chi connectivity index (χ4n) is 2.43. The van der Waals surface area contributed by atoms with Crippen molar-refractivity contribution in [2.24, 2.45) is 5.16 Å². The van der Waals surface area contributed by atoms with E-state index in [1.807, 2.05) is 24.5 Å². The molecular formula is C19H19Br2N3O.